The highest BCUT2D eigenvalue weighted by atomic mass is 19.3. The molecule has 1 saturated heterocycles. The number of allylic oxidation sites excluding steroid dienone is 1. The van der Waals surface area contributed by atoms with Gasteiger partial charge in [0.2, 0.25) is 13.9 Å². The van der Waals surface area contributed by atoms with Crippen molar-refractivity contribution in [2.75, 3.05) is 19.7 Å². The molecule has 0 amide bonds. The summed E-state index contributed by atoms with van der Waals surface area (Å²) in [5.41, 5.74) is 0.861. The Labute approximate surface area is 108 Å². The molecule has 6 heteroatoms. The first-order valence-electron chi connectivity index (χ1n) is 6.52. The van der Waals surface area contributed by atoms with Crippen LogP contribution in [0.25, 0.3) is 0 Å². The monoisotopic (exact) mass is 258 g/mol. The molecule has 0 saturated carbocycles. The molecule has 0 aliphatic carbocycles. The first-order chi connectivity index (χ1) is 8.69. The fourth-order valence-electron chi connectivity index (χ4n) is 2.07. The lowest BCUT2D eigenvalue weighted by Crippen LogP contribution is -2.34. The van der Waals surface area contributed by atoms with Gasteiger partial charge in [-0.15, -0.1) is 0 Å². The van der Waals surface area contributed by atoms with Gasteiger partial charge in [0.15, 0.2) is 6.61 Å². The van der Waals surface area contributed by atoms with E-state index in [9.17, 15) is 8.78 Å². The third-order valence-electron chi connectivity index (χ3n) is 2.86. The van der Waals surface area contributed by atoms with Gasteiger partial charge in [0.1, 0.15) is 0 Å². The molecular formula is C12H21BF2N2O. The van der Waals surface area contributed by atoms with Crippen molar-refractivity contribution in [3.8, 4) is 0 Å². The normalized spacial score (nSPS) is 18.3. The average molecular weight is 258 g/mol. The summed E-state index contributed by atoms with van der Waals surface area (Å²) in [6, 6.07) is 0. The second-order valence-electron chi connectivity index (χ2n) is 4.28. The van der Waals surface area contributed by atoms with Crippen LogP contribution >= 0.6 is 0 Å². The fourth-order valence-corrected chi connectivity index (χ4v) is 2.07. The zero-order chi connectivity index (χ0) is 13.4. The number of hydrogen-bond donors (Lipinski definition) is 0. The van der Waals surface area contributed by atoms with Gasteiger partial charge >= 0.3 is 0 Å². The van der Waals surface area contributed by atoms with E-state index in [-0.39, 0.29) is 0 Å². The second-order valence-corrected chi connectivity index (χ2v) is 4.28. The highest BCUT2D eigenvalue weighted by molar-refractivity contribution is 6.14. The number of alkyl halides is 2. The molecule has 0 spiro atoms. The molecule has 102 valence electrons. The molecule has 0 atom stereocenters. The fraction of sp³-hybridized carbons (Fsp3) is 0.750. The molecule has 0 aromatic carbocycles. The van der Waals surface area contributed by atoms with Gasteiger partial charge in [-0.3, -0.25) is 0 Å². The van der Waals surface area contributed by atoms with Crippen LogP contribution in [0.15, 0.2) is 16.7 Å². The topological polar surface area (TPSA) is 24.8 Å². The number of halogens is 2. The SMILES string of the molecule is B/N=C(OCC(F)F)\C(=C/CC)N1CCCCC1. The maximum atomic E-state index is 12.2. The van der Waals surface area contributed by atoms with Crippen molar-refractivity contribution < 1.29 is 13.5 Å². The van der Waals surface area contributed by atoms with E-state index >= 15 is 0 Å². The van der Waals surface area contributed by atoms with Gasteiger partial charge < -0.3 is 14.5 Å². The van der Waals surface area contributed by atoms with E-state index in [2.05, 4.69) is 9.80 Å². The molecule has 18 heavy (non-hydrogen) atoms. The van der Waals surface area contributed by atoms with Gasteiger partial charge in [-0.2, -0.15) is 0 Å². The van der Waals surface area contributed by atoms with Gasteiger partial charge in [0.05, 0.1) is 5.70 Å². The van der Waals surface area contributed by atoms with E-state index in [1.54, 1.807) is 7.98 Å². The quantitative estimate of drug-likeness (QED) is 0.428. The van der Waals surface area contributed by atoms with Crippen LogP contribution < -0.4 is 0 Å². The molecule has 0 aromatic heterocycles. The van der Waals surface area contributed by atoms with Gasteiger partial charge in [-0.25, -0.2) is 8.78 Å². The molecule has 3 nitrogen and oxygen atoms in total. The van der Waals surface area contributed by atoms with Gasteiger partial charge in [0, 0.05) is 13.1 Å². The molecule has 1 heterocycles. The van der Waals surface area contributed by atoms with Crippen LogP contribution in [0.1, 0.15) is 32.6 Å². The summed E-state index contributed by atoms with van der Waals surface area (Å²) in [6.07, 6.45) is 3.86. The molecule has 1 rings (SSSR count). The standard InChI is InChI=1S/C12H21BF2N2O/c1-2-6-10(17-7-4-3-5-8-17)12(16-13)18-9-11(14)15/h6,11H,2-5,7-9,13H2,1H3/b10-6+,16-12+. The van der Waals surface area contributed by atoms with Crippen LogP contribution in [0, 0.1) is 0 Å². The summed E-state index contributed by atoms with van der Waals surface area (Å²) in [4.78, 5) is 6.19. The third kappa shape index (κ3) is 4.66. The zero-order valence-corrected chi connectivity index (χ0v) is 11.2. The zero-order valence-electron chi connectivity index (χ0n) is 11.2. The first kappa shape index (κ1) is 15.0. The molecule has 0 aromatic rings. The minimum atomic E-state index is -2.47. The summed E-state index contributed by atoms with van der Waals surface area (Å²) in [5.74, 6) is 0.332. The molecular weight excluding hydrogens is 237 g/mol. The minimum absolute atomic E-state index is 0.332. The predicted octanol–water partition coefficient (Wildman–Crippen LogP) is 1.99. The van der Waals surface area contributed by atoms with Gasteiger partial charge in [-0.05, 0) is 25.7 Å². The summed E-state index contributed by atoms with van der Waals surface area (Å²) >= 11 is 0. The highest BCUT2D eigenvalue weighted by Gasteiger charge is 2.19. The molecule has 1 aliphatic heterocycles. The van der Waals surface area contributed by atoms with Crippen LogP contribution in [-0.2, 0) is 4.74 Å². The van der Waals surface area contributed by atoms with E-state index in [1.807, 2.05) is 13.0 Å². The van der Waals surface area contributed by atoms with E-state index in [1.165, 1.54) is 6.42 Å². The lowest BCUT2D eigenvalue weighted by atomic mass is 10.1. The minimum Gasteiger partial charge on any atom is -0.471 e. The van der Waals surface area contributed by atoms with Crippen molar-refractivity contribution in [2.45, 2.75) is 39.0 Å². The van der Waals surface area contributed by atoms with Crippen LogP contribution in [-0.4, -0.2) is 44.9 Å². The summed E-state index contributed by atoms with van der Waals surface area (Å²) in [5, 5.41) is 0. The summed E-state index contributed by atoms with van der Waals surface area (Å²) < 4.78 is 29.5. The molecule has 0 N–H and O–H groups in total. The number of piperidine rings is 1. The van der Waals surface area contributed by atoms with Crippen molar-refractivity contribution >= 4 is 13.9 Å². The van der Waals surface area contributed by atoms with E-state index in [0.717, 1.165) is 38.0 Å². The lowest BCUT2D eigenvalue weighted by Gasteiger charge is -2.31. The highest BCUT2D eigenvalue weighted by Crippen LogP contribution is 2.17. The van der Waals surface area contributed by atoms with Crippen molar-refractivity contribution in [2.24, 2.45) is 4.90 Å². The number of likely N-dealkylation sites (tertiary alicyclic amines) is 1. The van der Waals surface area contributed by atoms with Crippen molar-refractivity contribution in [1.82, 2.24) is 4.90 Å². The second kappa shape index (κ2) is 8.11. The van der Waals surface area contributed by atoms with Crippen LogP contribution in [0.2, 0.25) is 0 Å². The Hall–Kier alpha value is -1.07. The Balaban J connectivity index is 2.72. The Morgan fingerprint density at radius 1 is 1.39 bits per heavy atom. The third-order valence-corrected chi connectivity index (χ3v) is 2.86. The van der Waals surface area contributed by atoms with E-state index < -0.39 is 13.0 Å². The smallest absolute Gasteiger partial charge is 0.272 e. The lowest BCUT2D eigenvalue weighted by molar-refractivity contribution is 0.0751. The van der Waals surface area contributed by atoms with E-state index in [0.29, 0.717) is 5.90 Å². The Kier molecular flexibility index (Phi) is 6.76. The Bertz CT molecular complexity index is 302. The number of ether oxygens (including phenoxy) is 1. The van der Waals surface area contributed by atoms with Gasteiger partial charge in [-0.1, -0.05) is 13.0 Å². The predicted molar refractivity (Wildman–Crippen MR) is 71.7 cm³/mol. The maximum absolute atomic E-state index is 12.2. The van der Waals surface area contributed by atoms with Crippen molar-refractivity contribution in [3.63, 3.8) is 0 Å². The van der Waals surface area contributed by atoms with Crippen molar-refractivity contribution in [3.05, 3.63) is 11.8 Å². The first-order valence-corrected chi connectivity index (χ1v) is 6.52. The van der Waals surface area contributed by atoms with Gasteiger partial charge in [0.25, 0.3) is 6.43 Å². The molecule has 0 radical (unpaired) electrons. The number of rotatable bonds is 5. The average Bonchev–Trinajstić information content (AvgIpc) is 2.39. The van der Waals surface area contributed by atoms with Crippen LogP contribution in [0.4, 0.5) is 8.78 Å². The Morgan fingerprint density at radius 2 is 2.06 bits per heavy atom. The molecule has 1 aliphatic rings. The molecule has 0 unspecified atom stereocenters. The van der Waals surface area contributed by atoms with Crippen LogP contribution in [0.3, 0.4) is 0 Å². The summed E-state index contributed by atoms with van der Waals surface area (Å²) in [6.45, 7) is 3.32. The summed E-state index contributed by atoms with van der Waals surface area (Å²) in [7, 11) is 1.58. The number of hydrogen-bond acceptors (Lipinski definition) is 3. The Morgan fingerprint density at radius 3 is 2.56 bits per heavy atom. The van der Waals surface area contributed by atoms with Crippen molar-refractivity contribution in [1.29, 1.82) is 0 Å². The maximum Gasteiger partial charge on any atom is 0.272 e. The number of nitrogens with zero attached hydrogens (tertiary/aromatic N) is 2. The van der Waals surface area contributed by atoms with E-state index in [4.69, 9.17) is 4.74 Å². The largest absolute Gasteiger partial charge is 0.471 e. The van der Waals surface area contributed by atoms with Crippen LogP contribution in [0.5, 0.6) is 0 Å². The molecule has 0 bridgehead atoms. The molecule has 1 fully saturated rings.